The molecule has 19 heavy (non-hydrogen) atoms. The Hall–Kier alpha value is -1.66. The maximum Gasteiger partial charge on any atom is 0.148 e. The zero-order valence-corrected chi connectivity index (χ0v) is 12.0. The van der Waals surface area contributed by atoms with Gasteiger partial charge in [-0.1, -0.05) is 15.9 Å². The molecule has 0 aliphatic rings. The highest BCUT2D eigenvalue weighted by atomic mass is 79.9. The van der Waals surface area contributed by atoms with Crippen LogP contribution < -0.4 is 10.1 Å². The standard InChI is InChI=1S/C13H14BrN3O2/c1-19-12-4-2-9(14)8-10(12)11-3-5-13(17-16-11)15-6-7-18/h2-5,8,18H,6-7H2,1H3,(H,15,17). The van der Waals surface area contributed by atoms with Crippen molar-refractivity contribution < 1.29 is 9.84 Å². The number of nitrogens with one attached hydrogen (secondary N) is 1. The molecule has 0 radical (unpaired) electrons. The number of aliphatic hydroxyl groups excluding tert-OH is 1. The number of aliphatic hydroxyl groups is 1. The van der Waals surface area contributed by atoms with Gasteiger partial charge in [-0.2, -0.15) is 0 Å². The van der Waals surface area contributed by atoms with Crippen LogP contribution in [0.1, 0.15) is 0 Å². The van der Waals surface area contributed by atoms with Gasteiger partial charge in [-0.25, -0.2) is 0 Å². The third-order valence-corrected chi connectivity index (χ3v) is 3.01. The first kappa shape index (κ1) is 13.8. The highest BCUT2D eigenvalue weighted by Crippen LogP contribution is 2.31. The molecule has 0 spiro atoms. The molecule has 0 atom stereocenters. The molecule has 0 aliphatic carbocycles. The van der Waals surface area contributed by atoms with Gasteiger partial charge in [0.25, 0.3) is 0 Å². The maximum atomic E-state index is 8.73. The minimum Gasteiger partial charge on any atom is -0.496 e. The molecule has 2 rings (SSSR count). The van der Waals surface area contributed by atoms with E-state index in [1.54, 1.807) is 7.11 Å². The lowest BCUT2D eigenvalue weighted by Crippen LogP contribution is -2.07. The van der Waals surface area contributed by atoms with Gasteiger partial charge in [0.05, 0.1) is 19.4 Å². The molecule has 0 saturated heterocycles. The molecule has 0 fully saturated rings. The van der Waals surface area contributed by atoms with E-state index in [0.717, 1.165) is 21.5 Å². The number of halogens is 1. The van der Waals surface area contributed by atoms with Crippen LogP contribution in [0.4, 0.5) is 5.82 Å². The second-order valence-electron chi connectivity index (χ2n) is 3.80. The fourth-order valence-electron chi connectivity index (χ4n) is 1.63. The monoisotopic (exact) mass is 323 g/mol. The molecule has 1 aromatic carbocycles. The van der Waals surface area contributed by atoms with Gasteiger partial charge < -0.3 is 15.2 Å². The van der Waals surface area contributed by atoms with Crippen molar-refractivity contribution in [3.8, 4) is 17.0 Å². The van der Waals surface area contributed by atoms with Crippen LogP contribution in [0.5, 0.6) is 5.75 Å². The Kier molecular flexibility index (Phi) is 4.70. The second kappa shape index (κ2) is 6.49. The number of benzene rings is 1. The van der Waals surface area contributed by atoms with E-state index in [2.05, 4.69) is 31.4 Å². The first-order valence-electron chi connectivity index (χ1n) is 5.77. The van der Waals surface area contributed by atoms with Crippen molar-refractivity contribution in [2.75, 3.05) is 25.6 Å². The summed E-state index contributed by atoms with van der Waals surface area (Å²) in [6, 6.07) is 9.39. The van der Waals surface area contributed by atoms with E-state index in [1.807, 2.05) is 30.3 Å². The Morgan fingerprint density at radius 2 is 2.11 bits per heavy atom. The van der Waals surface area contributed by atoms with Crippen LogP contribution in [0.3, 0.4) is 0 Å². The second-order valence-corrected chi connectivity index (χ2v) is 4.71. The molecule has 0 amide bonds. The molecule has 1 aromatic heterocycles. The topological polar surface area (TPSA) is 67.3 Å². The van der Waals surface area contributed by atoms with Gasteiger partial charge >= 0.3 is 0 Å². The summed E-state index contributed by atoms with van der Waals surface area (Å²) in [5.41, 5.74) is 1.60. The summed E-state index contributed by atoms with van der Waals surface area (Å²) in [4.78, 5) is 0. The quantitative estimate of drug-likeness (QED) is 0.883. The molecule has 2 N–H and O–H groups in total. The number of hydrogen-bond donors (Lipinski definition) is 2. The van der Waals surface area contributed by atoms with Gasteiger partial charge in [0.1, 0.15) is 11.6 Å². The van der Waals surface area contributed by atoms with Crippen LogP contribution in [0.15, 0.2) is 34.8 Å². The zero-order chi connectivity index (χ0) is 13.7. The van der Waals surface area contributed by atoms with Crippen LogP contribution >= 0.6 is 15.9 Å². The van der Waals surface area contributed by atoms with E-state index in [9.17, 15) is 0 Å². The summed E-state index contributed by atoms with van der Waals surface area (Å²) in [5, 5.41) is 19.9. The van der Waals surface area contributed by atoms with Gasteiger partial charge in [-0.15, -0.1) is 10.2 Å². The normalized spacial score (nSPS) is 10.3. The van der Waals surface area contributed by atoms with Crippen molar-refractivity contribution in [1.29, 1.82) is 0 Å². The Morgan fingerprint density at radius 3 is 2.74 bits per heavy atom. The van der Waals surface area contributed by atoms with E-state index < -0.39 is 0 Å². The molecule has 0 bridgehead atoms. The fourth-order valence-corrected chi connectivity index (χ4v) is 2.00. The third kappa shape index (κ3) is 3.42. The first-order valence-corrected chi connectivity index (χ1v) is 6.56. The van der Waals surface area contributed by atoms with Crippen LogP contribution in [-0.2, 0) is 0 Å². The molecule has 6 heteroatoms. The lowest BCUT2D eigenvalue weighted by Gasteiger charge is -2.08. The van der Waals surface area contributed by atoms with Gasteiger partial charge in [-0.3, -0.25) is 0 Å². The van der Waals surface area contributed by atoms with Crippen molar-refractivity contribution in [2.45, 2.75) is 0 Å². The van der Waals surface area contributed by atoms with E-state index in [-0.39, 0.29) is 6.61 Å². The van der Waals surface area contributed by atoms with Crippen LogP contribution in [0.25, 0.3) is 11.3 Å². The Bertz CT molecular complexity index is 546. The molecule has 5 nitrogen and oxygen atoms in total. The van der Waals surface area contributed by atoms with E-state index >= 15 is 0 Å². The molecule has 1 heterocycles. The SMILES string of the molecule is COc1ccc(Br)cc1-c1ccc(NCCO)nn1. The lowest BCUT2D eigenvalue weighted by molar-refractivity contribution is 0.311. The number of rotatable bonds is 5. The molecular formula is C13H14BrN3O2. The van der Waals surface area contributed by atoms with Crippen LogP contribution in [0.2, 0.25) is 0 Å². The minimum absolute atomic E-state index is 0.0584. The third-order valence-electron chi connectivity index (χ3n) is 2.52. The van der Waals surface area contributed by atoms with Crippen LogP contribution in [0, 0.1) is 0 Å². The number of anilines is 1. The van der Waals surface area contributed by atoms with E-state index in [4.69, 9.17) is 9.84 Å². The number of aromatic nitrogens is 2. The van der Waals surface area contributed by atoms with Gasteiger partial charge in [-0.05, 0) is 30.3 Å². The predicted molar refractivity (Wildman–Crippen MR) is 77.3 cm³/mol. The van der Waals surface area contributed by atoms with Crippen LogP contribution in [-0.4, -0.2) is 35.6 Å². The lowest BCUT2D eigenvalue weighted by atomic mass is 10.1. The Labute approximate surface area is 119 Å². The summed E-state index contributed by atoms with van der Waals surface area (Å²) >= 11 is 3.43. The first-order chi connectivity index (χ1) is 9.24. The smallest absolute Gasteiger partial charge is 0.148 e. The number of ether oxygens (including phenoxy) is 1. The largest absolute Gasteiger partial charge is 0.496 e. The van der Waals surface area contributed by atoms with Crippen molar-refractivity contribution in [3.63, 3.8) is 0 Å². The average Bonchev–Trinajstić information content (AvgIpc) is 2.45. The van der Waals surface area contributed by atoms with Gasteiger partial charge in [0, 0.05) is 16.6 Å². The Balaban J connectivity index is 2.29. The summed E-state index contributed by atoms with van der Waals surface area (Å²) in [6.45, 7) is 0.511. The molecular weight excluding hydrogens is 310 g/mol. The predicted octanol–water partition coefficient (Wildman–Crippen LogP) is 2.32. The Morgan fingerprint density at radius 1 is 1.26 bits per heavy atom. The fraction of sp³-hybridized carbons (Fsp3) is 0.231. The van der Waals surface area contributed by atoms with Crippen molar-refractivity contribution >= 4 is 21.7 Å². The van der Waals surface area contributed by atoms with Crippen molar-refractivity contribution in [2.24, 2.45) is 0 Å². The summed E-state index contributed by atoms with van der Waals surface area (Å²) in [7, 11) is 1.62. The summed E-state index contributed by atoms with van der Waals surface area (Å²) < 4.78 is 6.26. The van der Waals surface area contributed by atoms with Crippen molar-refractivity contribution in [1.82, 2.24) is 10.2 Å². The minimum atomic E-state index is 0.0584. The maximum absolute atomic E-state index is 8.73. The van der Waals surface area contributed by atoms with Gasteiger partial charge in [0.2, 0.25) is 0 Å². The summed E-state index contributed by atoms with van der Waals surface area (Å²) in [6.07, 6.45) is 0. The van der Waals surface area contributed by atoms with E-state index in [1.165, 1.54) is 0 Å². The average molecular weight is 324 g/mol. The van der Waals surface area contributed by atoms with Gasteiger partial charge in [0.15, 0.2) is 0 Å². The molecule has 0 unspecified atom stereocenters. The number of hydrogen-bond acceptors (Lipinski definition) is 5. The highest BCUT2D eigenvalue weighted by Gasteiger charge is 2.08. The molecule has 100 valence electrons. The highest BCUT2D eigenvalue weighted by molar-refractivity contribution is 9.10. The van der Waals surface area contributed by atoms with E-state index in [0.29, 0.717) is 12.4 Å². The molecule has 2 aromatic rings. The zero-order valence-electron chi connectivity index (χ0n) is 10.4. The summed E-state index contributed by atoms with van der Waals surface area (Å²) in [5.74, 6) is 1.38. The molecule has 0 saturated carbocycles. The number of nitrogens with zero attached hydrogens (tertiary/aromatic N) is 2. The molecule has 0 aliphatic heterocycles. The number of methoxy groups -OCH3 is 1. The van der Waals surface area contributed by atoms with Crippen molar-refractivity contribution in [3.05, 3.63) is 34.8 Å².